The Kier molecular flexibility index (Phi) is 4.19. The van der Waals surface area contributed by atoms with Crippen molar-refractivity contribution in [3.8, 4) is 0 Å². The van der Waals surface area contributed by atoms with Crippen LogP contribution in [0.5, 0.6) is 0 Å². The van der Waals surface area contributed by atoms with Crippen LogP contribution in [0.15, 0.2) is 0 Å². The first-order valence-corrected chi connectivity index (χ1v) is 6.64. The minimum absolute atomic E-state index is 0.0658. The minimum atomic E-state index is -0.782. The Hall–Kier alpha value is -1.14. The molecule has 2 saturated heterocycles. The van der Waals surface area contributed by atoms with Crippen molar-refractivity contribution in [3.63, 3.8) is 0 Å². The number of nitrogens with zero attached hydrogens (tertiary/aromatic N) is 2. The lowest BCUT2D eigenvalue weighted by Gasteiger charge is -2.27. The van der Waals surface area contributed by atoms with E-state index in [4.69, 9.17) is 11.5 Å². The van der Waals surface area contributed by atoms with Gasteiger partial charge in [0.05, 0.1) is 12.5 Å². The third-order valence-corrected chi connectivity index (χ3v) is 3.85. The lowest BCUT2D eigenvalue weighted by atomic mass is 10.1. The minimum Gasteiger partial charge on any atom is -0.370 e. The molecule has 0 bridgehead atoms. The van der Waals surface area contributed by atoms with Crippen molar-refractivity contribution >= 4 is 11.8 Å². The molecule has 0 aromatic rings. The molecule has 2 aliphatic rings. The molecule has 0 radical (unpaired) electrons. The van der Waals surface area contributed by atoms with Crippen molar-refractivity contribution in [2.75, 3.05) is 26.2 Å². The van der Waals surface area contributed by atoms with Crippen LogP contribution < -0.4 is 11.5 Å². The zero-order chi connectivity index (χ0) is 13.1. The molecule has 2 rings (SSSR count). The van der Waals surface area contributed by atoms with Crippen molar-refractivity contribution in [1.29, 1.82) is 0 Å². The monoisotopic (exact) mass is 254 g/mol. The van der Waals surface area contributed by atoms with Crippen LogP contribution in [0, 0.1) is 0 Å². The lowest BCUT2D eigenvalue weighted by Crippen LogP contribution is -2.48. The first-order valence-electron chi connectivity index (χ1n) is 6.64. The number of carbonyl (C=O) groups excluding carboxylic acids is 2. The molecule has 102 valence electrons. The molecule has 0 aromatic carbocycles. The van der Waals surface area contributed by atoms with Crippen molar-refractivity contribution in [1.82, 2.24) is 9.80 Å². The SMILES string of the molecule is NC(=O)CC(N)C(=O)N1CCCN2CCCC2C1. The molecule has 2 fully saturated rings. The summed E-state index contributed by atoms with van der Waals surface area (Å²) in [4.78, 5) is 27.2. The fourth-order valence-corrected chi connectivity index (χ4v) is 2.95. The summed E-state index contributed by atoms with van der Waals surface area (Å²) in [6.07, 6.45) is 3.27. The maximum atomic E-state index is 12.1. The van der Waals surface area contributed by atoms with E-state index in [0.29, 0.717) is 6.04 Å². The predicted octanol–water partition coefficient (Wildman–Crippen LogP) is -1.11. The van der Waals surface area contributed by atoms with Crippen LogP contribution in [0.4, 0.5) is 0 Å². The number of nitrogens with two attached hydrogens (primary N) is 2. The van der Waals surface area contributed by atoms with Crippen LogP contribution >= 0.6 is 0 Å². The van der Waals surface area contributed by atoms with Crippen molar-refractivity contribution in [2.45, 2.75) is 37.8 Å². The third kappa shape index (κ3) is 3.00. The number of primary amides is 1. The van der Waals surface area contributed by atoms with E-state index in [2.05, 4.69) is 4.90 Å². The number of amides is 2. The van der Waals surface area contributed by atoms with Gasteiger partial charge in [0.2, 0.25) is 11.8 Å². The van der Waals surface area contributed by atoms with Gasteiger partial charge in [-0.15, -0.1) is 0 Å². The second kappa shape index (κ2) is 5.67. The Morgan fingerprint density at radius 3 is 2.67 bits per heavy atom. The highest BCUT2D eigenvalue weighted by atomic mass is 16.2. The number of carbonyl (C=O) groups is 2. The Labute approximate surface area is 107 Å². The van der Waals surface area contributed by atoms with Crippen LogP contribution in [0.2, 0.25) is 0 Å². The third-order valence-electron chi connectivity index (χ3n) is 3.85. The first-order chi connectivity index (χ1) is 8.58. The lowest BCUT2D eigenvalue weighted by molar-refractivity contribution is -0.134. The molecule has 0 spiro atoms. The summed E-state index contributed by atoms with van der Waals surface area (Å²) in [5.41, 5.74) is 10.8. The largest absolute Gasteiger partial charge is 0.370 e. The van der Waals surface area contributed by atoms with Gasteiger partial charge in [-0.3, -0.25) is 14.5 Å². The Bertz CT molecular complexity index is 334. The summed E-state index contributed by atoms with van der Waals surface area (Å²) < 4.78 is 0. The standard InChI is InChI=1S/C12H22N4O2/c13-10(7-11(14)17)12(18)16-6-2-5-15-4-1-3-9(15)8-16/h9-10H,1-8,13H2,(H2,14,17). The van der Waals surface area contributed by atoms with E-state index >= 15 is 0 Å². The van der Waals surface area contributed by atoms with Gasteiger partial charge in [0, 0.05) is 25.7 Å². The molecule has 4 N–H and O–H groups in total. The molecule has 2 amide bonds. The van der Waals surface area contributed by atoms with Gasteiger partial charge in [-0.05, 0) is 25.8 Å². The van der Waals surface area contributed by atoms with Gasteiger partial charge in [0.25, 0.3) is 0 Å². The van der Waals surface area contributed by atoms with Crippen molar-refractivity contribution < 1.29 is 9.59 Å². The first kappa shape index (κ1) is 13.3. The summed E-state index contributed by atoms with van der Waals surface area (Å²) in [7, 11) is 0. The maximum Gasteiger partial charge on any atom is 0.240 e. The molecule has 0 aliphatic carbocycles. The number of hydrogen-bond acceptors (Lipinski definition) is 4. The molecule has 2 unspecified atom stereocenters. The highest BCUT2D eigenvalue weighted by molar-refractivity contribution is 5.87. The van der Waals surface area contributed by atoms with Crippen molar-refractivity contribution in [2.24, 2.45) is 11.5 Å². The van der Waals surface area contributed by atoms with E-state index in [9.17, 15) is 9.59 Å². The topological polar surface area (TPSA) is 92.7 Å². The van der Waals surface area contributed by atoms with E-state index in [1.807, 2.05) is 4.90 Å². The van der Waals surface area contributed by atoms with E-state index < -0.39 is 11.9 Å². The van der Waals surface area contributed by atoms with Gasteiger partial charge in [-0.25, -0.2) is 0 Å². The van der Waals surface area contributed by atoms with Gasteiger partial charge < -0.3 is 16.4 Å². The normalized spacial score (nSPS) is 26.5. The van der Waals surface area contributed by atoms with Gasteiger partial charge in [-0.1, -0.05) is 0 Å². The highest BCUT2D eigenvalue weighted by Gasteiger charge is 2.32. The van der Waals surface area contributed by atoms with Crippen molar-refractivity contribution in [3.05, 3.63) is 0 Å². The summed E-state index contributed by atoms with van der Waals surface area (Å²) in [6.45, 7) is 3.67. The van der Waals surface area contributed by atoms with Gasteiger partial charge in [0.15, 0.2) is 0 Å². The molecule has 6 heteroatoms. The summed E-state index contributed by atoms with van der Waals surface area (Å²) in [6, 6.07) is -0.312. The summed E-state index contributed by atoms with van der Waals surface area (Å²) in [5.74, 6) is -0.657. The molecule has 0 saturated carbocycles. The van der Waals surface area contributed by atoms with E-state index in [0.717, 1.165) is 39.0 Å². The van der Waals surface area contributed by atoms with Gasteiger partial charge in [0.1, 0.15) is 0 Å². The molecular weight excluding hydrogens is 232 g/mol. The predicted molar refractivity (Wildman–Crippen MR) is 67.6 cm³/mol. The molecule has 18 heavy (non-hydrogen) atoms. The fraction of sp³-hybridized carbons (Fsp3) is 0.833. The van der Waals surface area contributed by atoms with Crippen LogP contribution in [-0.4, -0.2) is 59.9 Å². The van der Waals surface area contributed by atoms with Crippen LogP contribution in [-0.2, 0) is 9.59 Å². The molecule has 2 heterocycles. The van der Waals surface area contributed by atoms with Gasteiger partial charge >= 0.3 is 0 Å². The average Bonchev–Trinajstić information content (AvgIpc) is 2.64. The highest BCUT2D eigenvalue weighted by Crippen LogP contribution is 2.21. The maximum absolute atomic E-state index is 12.1. The molecule has 0 aromatic heterocycles. The van der Waals surface area contributed by atoms with Crippen LogP contribution in [0.3, 0.4) is 0 Å². The molecular formula is C12H22N4O2. The van der Waals surface area contributed by atoms with E-state index in [1.54, 1.807) is 0 Å². The second-order valence-electron chi connectivity index (χ2n) is 5.25. The molecule has 2 atom stereocenters. The van der Waals surface area contributed by atoms with Gasteiger partial charge in [-0.2, -0.15) is 0 Å². The fourth-order valence-electron chi connectivity index (χ4n) is 2.95. The average molecular weight is 254 g/mol. The second-order valence-corrected chi connectivity index (χ2v) is 5.25. The Morgan fingerprint density at radius 1 is 1.22 bits per heavy atom. The van der Waals surface area contributed by atoms with Crippen LogP contribution in [0.1, 0.15) is 25.7 Å². The van der Waals surface area contributed by atoms with E-state index in [1.165, 1.54) is 6.42 Å². The summed E-state index contributed by atoms with van der Waals surface area (Å²) >= 11 is 0. The Morgan fingerprint density at radius 2 is 1.94 bits per heavy atom. The number of rotatable bonds is 3. The number of hydrogen-bond donors (Lipinski definition) is 2. The molecule has 6 nitrogen and oxygen atoms in total. The quantitative estimate of drug-likeness (QED) is 0.667. The Balaban J connectivity index is 1.95. The summed E-state index contributed by atoms with van der Waals surface area (Å²) in [5, 5.41) is 0. The van der Waals surface area contributed by atoms with Crippen LogP contribution in [0.25, 0.3) is 0 Å². The zero-order valence-electron chi connectivity index (χ0n) is 10.7. The zero-order valence-corrected chi connectivity index (χ0v) is 10.7. The molecule has 2 aliphatic heterocycles. The number of fused-ring (bicyclic) bond motifs is 1. The van der Waals surface area contributed by atoms with E-state index in [-0.39, 0.29) is 12.3 Å². The smallest absolute Gasteiger partial charge is 0.240 e.